The molecule has 0 saturated heterocycles. The summed E-state index contributed by atoms with van der Waals surface area (Å²) in [6.07, 6.45) is -1.84. The Kier molecular flexibility index (Phi) is 6.91. The molecular formula is C19H15ClF5N7O. The Hall–Kier alpha value is -3.61. The van der Waals surface area contributed by atoms with Gasteiger partial charge in [0.2, 0.25) is 0 Å². The zero-order valence-corrected chi connectivity index (χ0v) is 17.7. The molecule has 33 heavy (non-hydrogen) atoms. The summed E-state index contributed by atoms with van der Waals surface area (Å²) in [5.41, 5.74) is -1.58. The first kappa shape index (κ1) is 24.0. The lowest BCUT2D eigenvalue weighted by molar-refractivity contribution is -0.137. The van der Waals surface area contributed by atoms with Crippen LogP contribution in [0.4, 0.5) is 38.1 Å². The molecule has 14 heteroatoms. The molecule has 3 rings (SSSR count). The SMILES string of the molecule is C/C=C(/C)c1c(NC(=O)Nc2cnc(-n3nccn3)c(C(F)(F)F)c2)cnc(C(F)F)c1Cl. The van der Waals surface area contributed by atoms with E-state index >= 15 is 0 Å². The van der Waals surface area contributed by atoms with Crippen molar-refractivity contribution >= 4 is 34.6 Å². The third kappa shape index (κ3) is 5.25. The second-order valence-electron chi connectivity index (χ2n) is 6.51. The number of alkyl halides is 5. The summed E-state index contributed by atoms with van der Waals surface area (Å²) >= 11 is 6.06. The third-order valence-electron chi connectivity index (χ3n) is 4.37. The molecule has 2 amide bonds. The van der Waals surface area contributed by atoms with Crippen molar-refractivity contribution in [1.29, 1.82) is 0 Å². The number of rotatable bonds is 5. The van der Waals surface area contributed by atoms with E-state index in [1.807, 2.05) is 0 Å². The fraction of sp³-hybridized carbons (Fsp3) is 0.211. The van der Waals surface area contributed by atoms with Gasteiger partial charge in [-0.25, -0.2) is 18.6 Å². The summed E-state index contributed by atoms with van der Waals surface area (Å²) in [7, 11) is 0. The van der Waals surface area contributed by atoms with Crippen LogP contribution in [-0.4, -0.2) is 31.0 Å². The molecule has 3 aromatic heterocycles. The summed E-state index contributed by atoms with van der Waals surface area (Å²) in [6, 6.07) is -0.309. The topological polar surface area (TPSA) is 97.6 Å². The van der Waals surface area contributed by atoms with Gasteiger partial charge in [-0.15, -0.1) is 4.80 Å². The third-order valence-corrected chi connectivity index (χ3v) is 4.75. The molecule has 0 aliphatic heterocycles. The maximum atomic E-state index is 13.5. The van der Waals surface area contributed by atoms with Crippen molar-refractivity contribution in [3.63, 3.8) is 0 Å². The van der Waals surface area contributed by atoms with Crippen LogP contribution in [0.25, 0.3) is 11.4 Å². The van der Waals surface area contributed by atoms with Crippen molar-refractivity contribution in [3.8, 4) is 5.82 Å². The molecule has 3 aromatic rings. The number of nitrogens with zero attached hydrogens (tertiary/aromatic N) is 5. The Balaban J connectivity index is 1.91. The number of halogens is 6. The maximum Gasteiger partial charge on any atom is 0.420 e. The highest BCUT2D eigenvalue weighted by atomic mass is 35.5. The van der Waals surface area contributed by atoms with Crippen LogP contribution in [0.3, 0.4) is 0 Å². The molecule has 0 bridgehead atoms. The minimum atomic E-state index is -4.82. The fourth-order valence-electron chi connectivity index (χ4n) is 2.78. The number of hydrogen-bond donors (Lipinski definition) is 2. The molecule has 174 valence electrons. The normalized spacial score (nSPS) is 12.2. The van der Waals surface area contributed by atoms with Crippen LogP contribution in [0.15, 0.2) is 36.9 Å². The van der Waals surface area contributed by atoms with Crippen molar-refractivity contribution in [2.75, 3.05) is 10.6 Å². The van der Waals surface area contributed by atoms with Crippen LogP contribution in [0.1, 0.15) is 37.1 Å². The number of carbonyl (C=O) groups excluding carboxylic acids is 1. The number of urea groups is 1. The smallest absolute Gasteiger partial charge is 0.306 e. The Morgan fingerprint density at radius 2 is 1.82 bits per heavy atom. The van der Waals surface area contributed by atoms with Crippen LogP contribution in [0.2, 0.25) is 5.02 Å². The first-order chi connectivity index (χ1) is 15.5. The highest BCUT2D eigenvalue weighted by Crippen LogP contribution is 2.37. The molecule has 0 unspecified atom stereocenters. The van der Waals surface area contributed by atoms with E-state index < -0.39 is 35.7 Å². The van der Waals surface area contributed by atoms with E-state index in [-0.39, 0.29) is 22.0 Å². The highest BCUT2D eigenvalue weighted by molar-refractivity contribution is 6.33. The van der Waals surface area contributed by atoms with Gasteiger partial charge in [-0.3, -0.25) is 4.98 Å². The second-order valence-corrected chi connectivity index (χ2v) is 6.89. The number of amides is 2. The van der Waals surface area contributed by atoms with Gasteiger partial charge in [0.1, 0.15) is 11.3 Å². The summed E-state index contributed by atoms with van der Waals surface area (Å²) in [5.74, 6) is -0.581. The summed E-state index contributed by atoms with van der Waals surface area (Å²) < 4.78 is 66.8. The highest BCUT2D eigenvalue weighted by Gasteiger charge is 2.36. The number of nitrogens with one attached hydrogen (secondary N) is 2. The van der Waals surface area contributed by atoms with Gasteiger partial charge in [0.15, 0.2) is 5.82 Å². The average Bonchev–Trinajstić information content (AvgIpc) is 3.27. The van der Waals surface area contributed by atoms with E-state index in [2.05, 4.69) is 30.8 Å². The Labute approximate surface area is 188 Å². The van der Waals surface area contributed by atoms with Crippen LogP contribution in [-0.2, 0) is 6.18 Å². The molecule has 8 nitrogen and oxygen atoms in total. The molecule has 0 aromatic carbocycles. The average molecular weight is 488 g/mol. The van der Waals surface area contributed by atoms with Crippen molar-refractivity contribution in [1.82, 2.24) is 25.0 Å². The zero-order valence-electron chi connectivity index (χ0n) is 17.0. The van der Waals surface area contributed by atoms with Gasteiger partial charge < -0.3 is 10.6 Å². The van der Waals surface area contributed by atoms with Crippen molar-refractivity contribution in [2.24, 2.45) is 0 Å². The van der Waals surface area contributed by atoms with Gasteiger partial charge in [0.25, 0.3) is 6.43 Å². The number of carbonyl (C=O) groups is 1. The van der Waals surface area contributed by atoms with E-state index in [1.165, 1.54) is 12.4 Å². The van der Waals surface area contributed by atoms with Gasteiger partial charge in [0, 0.05) is 5.56 Å². The second kappa shape index (κ2) is 9.48. The van der Waals surface area contributed by atoms with E-state index in [0.717, 1.165) is 12.4 Å². The van der Waals surface area contributed by atoms with E-state index in [9.17, 15) is 26.7 Å². The van der Waals surface area contributed by atoms with Gasteiger partial charge in [-0.05, 0) is 25.5 Å². The van der Waals surface area contributed by atoms with Crippen LogP contribution >= 0.6 is 11.6 Å². The maximum absolute atomic E-state index is 13.5. The molecule has 0 fully saturated rings. The van der Waals surface area contributed by atoms with Crippen molar-refractivity contribution in [2.45, 2.75) is 26.4 Å². The Morgan fingerprint density at radius 1 is 1.15 bits per heavy atom. The lowest BCUT2D eigenvalue weighted by atomic mass is 10.1. The van der Waals surface area contributed by atoms with Crippen molar-refractivity contribution < 1.29 is 26.7 Å². The van der Waals surface area contributed by atoms with Crippen molar-refractivity contribution in [3.05, 3.63) is 58.8 Å². The molecule has 0 aliphatic carbocycles. The Morgan fingerprint density at radius 3 is 2.39 bits per heavy atom. The minimum Gasteiger partial charge on any atom is -0.306 e. The number of aromatic nitrogens is 5. The molecular weight excluding hydrogens is 473 g/mol. The minimum absolute atomic E-state index is 0.0149. The van der Waals surface area contributed by atoms with Gasteiger partial charge >= 0.3 is 12.2 Å². The summed E-state index contributed by atoms with van der Waals surface area (Å²) in [6.45, 7) is 3.22. The monoisotopic (exact) mass is 487 g/mol. The van der Waals surface area contributed by atoms with Gasteiger partial charge in [-0.2, -0.15) is 23.4 Å². The fourth-order valence-corrected chi connectivity index (χ4v) is 3.16. The van der Waals surface area contributed by atoms with E-state index in [0.29, 0.717) is 16.4 Å². The number of hydrogen-bond acceptors (Lipinski definition) is 5. The molecule has 0 saturated carbocycles. The van der Waals surface area contributed by atoms with Gasteiger partial charge in [-0.1, -0.05) is 17.7 Å². The lowest BCUT2D eigenvalue weighted by Gasteiger charge is -2.16. The standard InChI is InChI=1S/C19H15ClF5N7O/c1-3-9(2)13-12(8-26-15(14(13)20)16(21)22)31-18(33)30-10-6-11(19(23,24)25)17(27-7-10)32-28-4-5-29-32/h3-8,16H,1-2H3,(H2,30,31,33)/b9-3-. The zero-order chi connectivity index (χ0) is 24.3. The molecule has 0 aliphatic rings. The van der Waals surface area contributed by atoms with Crippen LogP contribution in [0.5, 0.6) is 0 Å². The number of pyridine rings is 2. The van der Waals surface area contributed by atoms with Crippen LogP contribution in [0, 0.1) is 0 Å². The predicted molar refractivity (Wildman–Crippen MR) is 110 cm³/mol. The first-order valence-corrected chi connectivity index (χ1v) is 9.52. The predicted octanol–water partition coefficient (Wildman–Crippen LogP) is 5.73. The first-order valence-electron chi connectivity index (χ1n) is 9.14. The van der Waals surface area contributed by atoms with Gasteiger partial charge in [0.05, 0.1) is 41.2 Å². The molecule has 2 N–H and O–H groups in total. The molecule has 0 radical (unpaired) electrons. The molecule has 0 atom stereocenters. The molecule has 0 spiro atoms. The Bertz CT molecular complexity index is 1200. The quantitative estimate of drug-likeness (QED) is 0.448. The lowest BCUT2D eigenvalue weighted by Crippen LogP contribution is -2.22. The van der Waals surface area contributed by atoms with E-state index in [1.54, 1.807) is 19.9 Å². The summed E-state index contributed by atoms with van der Waals surface area (Å²) in [4.78, 5) is 20.4. The molecule has 3 heterocycles. The van der Waals surface area contributed by atoms with Crippen LogP contribution < -0.4 is 10.6 Å². The number of allylic oxidation sites excluding steroid dienone is 2. The largest absolute Gasteiger partial charge is 0.420 e. The van der Waals surface area contributed by atoms with E-state index in [4.69, 9.17) is 11.6 Å². The summed E-state index contributed by atoms with van der Waals surface area (Å²) in [5, 5.41) is 11.5. The number of anilines is 2.